The number of benzene rings is 2. The molecule has 0 fully saturated rings. The normalized spacial score (nSPS) is 11.9. The molecule has 0 aliphatic carbocycles. The molecular weight excluding hydrogens is 376 g/mol. The summed E-state index contributed by atoms with van der Waals surface area (Å²) < 4.78 is 57.9. The Kier molecular flexibility index (Phi) is 7.01. The van der Waals surface area contributed by atoms with E-state index in [1.54, 1.807) is 55.6 Å². The van der Waals surface area contributed by atoms with Gasteiger partial charge in [-0.2, -0.15) is 0 Å². The molecule has 0 saturated carbocycles. The van der Waals surface area contributed by atoms with Gasteiger partial charge in [0, 0.05) is 12.2 Å². The lowest BCUT2D eigenvalue weighted by Crippen LogP contribution is -2.33. The Balaban J connectivity index is 1.81. The highest BCUT2D eigenvalue weighted by atomic mass is 32.2. The van der Waals surface area contributed by atoms with Crippen molar-refractivity contribution >= 4 is 25.7 Å². The summed E-state index contributed by atoms with van der Waals surface area (Å²) in [7, 11) is -5.66. The predicted molar refractivity (Wildman–Crippen MR) is 102 cm³/mol. The maximum atomic E-state index is 12.0. The molecule has 0 aromatic heterocycles. The molecule has 0 spiro atoms. The summed E-state index contributed by atoms with van der Waals surface area (Å²) in [5, 5.41) is 0. The minimum atomic E-state index is -3.63. The zero-order valence-corrected chi connectivity index (χ0v) is 16.0. The minimum absolute atomic E-state index is 0.133. The van der Waals surface area contributed by atoms with Crippen molar-refractivity contribution in [3.8, 4) is 5.75 Å². The number of hydrogen-bond donors (Lipinski definition) is 2. The largest absolute Gasteiger partial charge is 0.497 e. The topological polar surface area (TPSA) is 102 Å². The molecule has 9 heteroatoms. The van der Waals surface area contributed by atoms with Crippen LogP contribution in [0.2, 0.25) is 0 Å². The van der Waals surface area contributed by atoms with Gasteiger partial charge in [-0.1, -0.05) is 30.3 Å². The van der Waals surface area contributed by atoms with Crippen molar-refractivity contribution in [1.29, 1.82) is 0 Å². The fourth-order valence-corrected chi connectivity index (χ4v) is 4.38. The fraction of sp³-hybridized carbons (Fsp3) is 0.294. The number of sulfonamides is 2. The highest BCUT2D eigenvalue weighted by Crippen LogP contribution is 2.13. The van der Waals surface area contributed by atoms with Crippen LogP contribution in [0.5, 0.6) is 5.75 Å². The van der Waals surface area contributed by atoms with Crippen LogP contribution in [-0.2, 0) is 26.5 Å². The highest BCUT2D eigenvalue weighted by Gasteiger charge is 2.14. The SMILES string of the molecule is COc1cccc(CCS(=O)(=O)NCCS(=O)(=O)Nc2ccccc2)c1. The second-order valence-electron chi connectivity index (χ2n) is 5.60. The molecular formula is C17H22N2O5S2. The van der Waals surface area contributed by atoms with E-state index in [1.807, 2.05) is 6.07 Å². The predicted octanol–water partition coefficient (Wildman–Crippen LogP) is 1.60. The van der Waals surface area contributed by atoms with E-state index in [4.69, 9.17) is 4.74 Å². The van der Waals surface area contributed by atoms with Gasteiger partial charge >= 0.3 is 0 Å². The van der Waals surface area contributed by atoms with Gasteiger partial charge in [0.2, 0.25) is 20.0 Å². The number of aryl methyl sites for hydroxylation is 1. The molecule has 0 atom stereocenters. The van der Waals surface area contributed by atoms with Crippen LogP contribution in [-0.4, -0.2) is 42.0 Å². The molecule has 0 radical (unpaired) electrons. The van der Waals surface area contributed by atoms with Gasteiger partial charge in [-0.3, -0.25) is 4.72 Å². The molecule has 0 bridgehead atoms. The van der Waals surface area contributed by atoms with Crippen molar-refractivity contribution in [1.82, 2.24) is 4.72 Å². The first-order valence-electron chi connectivity index (χ1n) is 7.95. The molecule has 0 aliphatic heterocycles. The van der Waals surface area contributed by atoms with E-state index in [2.05, 4.69) is 9.44 Å². The van der Waals surface area contributed by atoms with Crippen LogP contribution in [0.15, 0.2) is 54.6 Å². The van der Waals surface area contributed by atoms with Gasteiger partial charge in [-0.25, -0.2) is 21.6 Å². The Morgan fingerprint density at radius 1 is 0.885 bits per heavy atom. The number of para-hydroxylation sites is 1. The molecule has 2 aromatic rings. The summed E-state index contributed by atoms with van der Waals surface area (Å²) in [6.45, 7) is -0.192. The van der Waals surface area contributed by atoms with E-state index >= 15 is 0 Å². The van der Waals surface area contributed by atoms with Gasteiger partial charge in [0.1, 0.15) is 5.75 Å². The van der Waals surface area contributed by atoms with Crippen LogP contribution < -0.4 is 14.2 Å². The second kappa shape index (κ2) is 9.02. The Hall–Kier alpha value is -2.10. The highest BCUT2D eigenvalue weighted by molar-refractivity contribution is 7.92. The van der Waals surface area contributed by atoms with Gasteiger partial charge in [-0.15, -0.1) is 0 Å². The van der Waals surface area contributed by atoms with Crippen LogP contribution in [0, 0.1) is 0 Å². The zero-order chi connectivity index (χ0) is 19.0. The molecule has 0 unspecified atom stereocenters. The van der Waals surface area contributed by atoms with E-state index in [0.717, 1.165) is 5.56 Å². The van der Waals surface area contributed by atoms with Crippen LogP contribution in [0.4, 0.5) is 5.69 Å². The quantitative estimate of drug-likeness (QED) is 0.633. The number of anilines is 1. The summed E-state index contributed by atoms with van der Waals surface area (Å²) in [6, 6.07) is 15.6. The van der Waals surface area contributed by atoms with Crippen molar-refractivity contribution in [2.45, 2.75) is 6.42 Å². The monoisotopic (exact) mass is 398 g/mol. The average molecular weight is 399 g/mol. The lowest BCUT2D eigenvalue weighted by atomic mass is 10.2. The van der Waals surface area contributed by atoms with Crippen molar-refractivity contribution in [3.05, 3.63) is 60.2 Å². The standard InChI is InChI=1S/C17H22N2O5S2/c1-24-17-9-5-6-15(14-17)10-12-25(20,21)18-11-13-26(22,23)19-16-7-3-2-4-8-16/h2-9,14,18-19H,10-13H2,1H3. The van der Waals surface area contributed by atoms with Crippen LogP contribution in [0.3, 0.4) is 0 Å². The van der Waals surface area contributed by atoms with Crippen molar-refractivity contribution in [2.24, 2.45) is 0 Å². The van der Waals surface area contributed by atoms with Gasteiger partial charge in [0.25, 0.3) is 0 Å². The summed E-state index contributed by atoms with van der Waals surface area (Å²) in [4.78, 5) is 0. The van der Waals surface area contributed by atoms with Crippen molar-refractivity contribution in [2.75, 3.05) is 29.9 Å². The Morgan fingerprint density at radius 2 is 1.62 bits per heavy atom. The average Bonchev–Trinajstić information content (AvgIpc) is 2.60. The molecule has 2 N–H and O–H groups in total. The van der Waals surface area contributed by atoms with E-state index in [-0.39, 0.29) is 18.1 Å². The number of rotatable bonds is 10. The Labute approximate surface area is 154 Å². The van der Waals surface area contributed by atoms with E-state index in [0.29, 0.717) is 17.9 Å². The lowest BCUT2D eigenvalue weighted by Gasteiger charge is -2.10. The van der Waals surface area contributed by atoms with Crippen LogP contribution in [0.25, 0.3) is 0 Å². The van der Waals surface area contributed by atoms with E-state index < -0.39 is 20.0 Å². The lowest BCUT2D eigenvalue weighted by molar-refractivity contribution is 0.414. The van der Waals surface area contributed by atoms with E-state index in [9.17, 15) is 16.8 Å². The van der Waals surface area contributed by atoms with Crippen LogP contribution in [0.1, 0.15) is 5.56 Å². The fourth-order valence-electron chi connectivity index (χ4n) is 2.22. The minimum Gasteiger partial charge on any atom is -0.497 e. The molecule has 2 aromatic carbocycles. The zero-order valence-electron chi connectivity index (χ0n) is 14.4. The first kappa shape index (κ1) is 20.2. The second-order valence-corrected chi connectivity index (χ2v) is 9.37. The van der Waals surface area contributed by atoms with E-state index in [1.165, 1.54) is 0 Å². The third-order valence-electron chi connectivity index (χ3n) is 3.53. The molecule has 0 saturated heterocycles. The first-order chi connectivity index (χ1) is 12.3. The molecule has 26 heavy (non-hydrogen) atoms. The number of hydrogen-bond acceptors (Lipinski definition) is 5. The van der Waals surface area contributed by atoms with Gasteiger partial charge in [0.05, 0.1) is 18.6 Å². The van der Waals surface area contributed by atoms with Crippen molar-refractivity contribution < 1.29 is 21.6 Å². The maximum absolute atomic E-state index is 12.0. The van der Waals surface area contributed by atoms with Gasteiger partial charge in [-0.05, 0) is 36.2 Å². The Bertz CT molecular complexity index is 913. The van der Waals surface area contributed by atoms with Gasteiger partial charge < -0.3 is 4.74 Å². The number of nitrogens with one attached hydrogen (secondary N) is 2. The number of ether oxygens (including phenoxy) is 1. The van der Waals surface area contributed by atoms with Crippen LogP contribution >= 0.6 is 0 Å². The maximum Gasteiger partial charge on any atom is 0.234 e. The molecule has 0 amide bonds. The smallest absolute Gasteiger partial charge is 0.234 e. The van der Waals surface area contributed by atoms with Gasteiger partial charge in [0.15, 0.2) is 0 Å². The third kappa shape index (κ3) is 7.03. The first-order valence-corrected chi connectivity index (χ1v) is 11.3. The molecule has 0 heterocycles. The Morgan fingerprint density at radius 3 is 2.31 bits per heavy atom. The molecule has 7 nitrogen and oxygen atoms in total. The summed E-state index contributed by atoms with van der Waals surface area (Å²) in [5.41, 5.74) is 1.27. The molecule has 0 aliphatic rings. The number of methoxy groups -OCH3 is 1. The molecule has 2 rings (SSSR count). The molecule has 142 valence electrons. The summed E-state index contributed by atoms with van der Waals surface area (Å²) >= 11 is 0. The third-order valence-corrected chi connectivity index (χ3v) is 6.21. The van der Waals surface area contributed by atoms with Crippen molar-refractivity contribution in [3.63, 3.8) is 0 Å². The summed E-state index contributed by atoms with van der Waals surface area (Å²) in [5.74, 6) is 0.179. The summed E-state index contributed by atoms with van der Waals surface area (Å²) in [6.07, 6.45) is 0.307.